The highest BCUT2D eigenvalue weighted by Crippen LogP contribution is 2.32. The molecule has 0 aliphatic carbocycles. The van der Waals surface area contributed by atoms with Crippen LogP contribution in [0.2, 0.25) is 0 Å². The summed E-state index contributed by atoms with van der Waals surface area (Å²) in [5, 5.41) is 21.8. The van der Waals surface area contributed by atoms with E-state index in [0.29, 0.717) is 33.6 Å². The van der Waals surface area contributed by atoms with Gasteiger partial charge in [-0.1, -0.05) is 60.7 Å². The van der Waals surface area contributed by atoms with Crippen LogP contribution in [0.1, 0.15) is 58.2 Å². The van der Waals surface area contributed by atoms with Gasteiger partial charge in [0.2, 0.25) is 0 Å². The van der Waals surface area contributed by atoms with Gasteiger partial charge in [-0.15, -0.1) is 0 Å². The molecule has 4 aromatic rings. The number of aromatic nitrogens is 1. The van der Waals surface area contributed by atoms with Crippen LogP contribution < -0.4 is 11.1 Å². The van der Waals surface area contributed by atoms with E-state index in [0.717, 1.165) is 11.3 Å². The monoisotopic (exact) mass is 504 g/mol. The van der Waals surface area contributed by atoms with Crippen molar-refractivity contribution in [3.63, 3.8) is 0 Å². The maximum absolute atomic E-state index is 12.4. The van der Waals surface area contributed by atoms with Crippen LogP contribution in [0, 0.1) is 5.41 Å². The molecule has 0 bridgehead atoms. The first kappa shape index (κ1) is 26.0. The van der Waals surface area contributed by atoms with Crippen LogP contribution in [0.3, 0.4) is 0 Å². The molecule has 1 aromatic heterocycles. The molecule has 5 N–H and O–H groups in total. The Hall–Kier alpha value is -5.04. The van der Waals surface area contributed by atoms with Crippen LogP contribution in [0.5, 0.6) is 0 Å². The largest absolute Gasteiger partial charge is 0.478 e. The third-order valence-corrected chi connectivity index (χ3v) is 6.16. The van der Waals surface area contributed by atoms with Crippen LogP contribution in [-0.2, 0) is 4.79 Å². The van der Waals surface area contributed by atoms with E-state index in [2.05, 4.69) is 10.3 Å². The lowest BCUT2D eigenvalue weighted by atomic mass is 9.93. The van der Waals surface area contributed by atoms with E-state index < -0.39 is 5.97 Å². The highest BCUT2D eigenvalue weighted by atomic mass is 16.4. The van der Waals surface area contributed by atoms with Crippen molar-refractivity contribution in [2.24, 2.45) is 5.73 Å². The summed E-state index contributed by atoms with van der Waals surface area (Å²) in [5.74, 6) is -1.19. The van der Waals surface area contributed by atoms with Gasteiger partial charge in [-0.25, -0.2) is 4.79 Å². The Bertz CT molecular complexity index is 1470. The molecule has 0 spiro atoms. The third-order valence-electron chi connectivity index (χ3n) is 6.16. The van der Waals surface area contributed by atoms with E-state index in [4.69, 9.17) is 11.1 Å². The average molecular weight is 505 g/mol. The van der Waals surface area contributed by atoms with Gasteiger partial charge in [0, 0.05) is 34.3 Å². The third kappa shape index (κ3) is 5.68. The normalized spacial score (nSPS) is 12.3. The Morgan fingerprint density at radius 1 is 0.868 bits per heavy atom. The van der Waals surface area contributed by atoms with Gasteiger partial charge in [-0.3, -0.25) is 15.2 Å². The van der Waals surface area contributed by atoms with Crippen molar-refractivity contribution in [1.29, 1.82) is 5.41 Å². The quantitative estimate of drug-likeness (QED) is 0.172. The molecule has 0 fully saturated rings. The molecule has 38 heavy (non-hydrogen) atoms. The molecule has 0 saturated carbocycles. The summed E-state index contributed by atoms with van der Waals surface area (Å²) in [6.07, 6.45) is 1.73. The molecule has 7 nitrogen and oxygen atoms in total. The van der Waals surface area contributed by atoms with Crippen molar-refractivity contribution in [1.82, 2.24) is 4.98 Å². The number of hydrogen-bond donors (Lipinski definition) is 4. The summed E-state index contributed by atoms with van der Waals surface area (Å²) in [5.41, 5.74) is 11.3. The van der Waals surface area contributed by atoms with Gasteiger partial charge >= 0.3 is 5.97 Å². The second-order valence-electron chi connectivity index (χ2n) is 8.87. The zero-order valence-corrected chi connectivity index (χ0v) is 21.1. The molecule has 4 rings (SSSR count). The summed E-state index contributed by atoms with van der Waals surface area (Å²) < 4.78 is 0. The molecule has 1 heterocycles. The molecule has 190 valence electrons. The van der Waals surface area contributed by atoms with E-state index in [-0.39, 0.29) is 23.1 Å². The molecule has 0 aliphatic heterocycles. The number of anilines is 1. The van der Waals surface area contributed by atoms with E-state index in [9.17, 15) is 14.7 Å². The Balaban J connectivity index is 1.86. The number of carbonyl (C=O) groups excluding carboxylic acids is 1. The van der Waals surface area contributed by atoms with E-state index in [1.54, 1.807) is 37.4 Å². The van der Waals surface area contributed by atoms with Crippen molar-refractivity contribution in [2.45, 2.75) is 19.9 Å². The molecule has 0 aliphatic rings. The van der Waals surface area contributed by atoms with Crippen molar-refractivity contribution in [2.75, 3.05) is 5.32 Å². The van der Waals surface area contributed by atoms with Crippen molar-refractivity contribution in [3.8, 4) is 0 Å². The Labute approximate surface area is 221 Å². The Morgan fingerprint density at radius 2 is 1.50 bits per heavy atom. The number of benzene rings is 3. The second kappa shape index (κ2) is 11.3. The van der Waals surface area contributed by atoms with Gasteiger partial charge in [-0.05, 0) is 55.3 Å². The lowest BCUT2D eigenvalue weighted by Crippen LogP contribution is -2.17. The van der Waals surface area contributed by atoms with Crippen molar-refractivity contribution in [3.05, 3.63) is 136 Å². The maximum atomic E-state index is 12.4. The fraction of sp³-hybridized carbons (Fsp3) is 0.0968. The molecule has 0 radical (unpaired) electrons. The minimum absolute atomic E-state index is 0.143. The number of ketones is 1. The summed E-state index contributed by atoms with van der Waals surface area (Å²) in [6.45, 7) is 3.16. The second-order valence-corrected chi connectivity index (χ2v) is 8.87. The van der Waals surface area contributed by atoms with E-state index in [1.807, 2.05) is 54.6 Å². The molecule has 7 heteroatoms. The molecular weight excluding hydrogens is 476 g/mol. The zero-order chi connectivity index (χ0) is 27.2. The summed E-state index contributed by atoms with van der Waals surface area (Å²) >= 11 is 0. The van der Waals surface area contributed by atoms with Gasteiger partial charge < -0.3 is 16.2 Å². The van der Waals surface area contributed by atoms with Crippen molar-refractivity contribution >= 4 is 28.7 Å². The Kier molecular flexibility index (Phi) is 7.77. The van der Waals surface area contributed by atoms with Crippen LogP contribution in [0.15, 0.2) is 103 Å². The molecule has 1 atom stereocenters. The van der Waals surface area contributed by atoms with Crippen LogP contribution in [0.25, 0.3) is 5.57 Å². The number of aromatic carboxylic acids is 1. The number of allylic oxidation sites excluding steroid dienone is 2. The minimum atomic E-state index is -1.03. The number of Topliss-reactive ketones (excluding diaryl/α,β-unsaturated/α-hetero) is 1. The van der Waals surface area contributed by atoms with Crippen LogP contribution in [-0.4, -0.2) is 27.6 Å². The first-order valence-electron chi connectivity index (χ1n) is 12.0. The number of rotatable bonds is 9. The van der Waals surface area contributed by atoms with Crippen LogP contribution >= 0.6 is 0 Å². The summed E-state index contributed by atoms with van der Waals surface area (Å²) in [6, 6.07) is 26.7. The van der Waals surface area contributed by atoms with Gasteiger partial charge in [0.15, 0.2) is 5.78 Å². The fourth-order valence-corrected chi connectivity index (χ4v) is 4.36. The number of carbonyl (C=O) groups is 2. The summed E-state index contributed by atoms with van der Waals surface area (Å²) in [4.78, 5) is 28.3. The van der Waals surface area contributed by atoms with E-state index >= 15 is 0 Å². The minimum Gasteiger partial charge on any atom is -0.478 e. The van der Waals surface area contributed by atoms with Gasteiger partial charge in [0.25, 0.3) is 0 Å². The highest BCUT2D eigenvalue weighted by Gasteiger charge is 2.21. The lowest BCUT2D eigenvalue weighted by Gasteiger charge is -2.23. The first-order chi connectivity index (χ1) is 18.3. The molecule has 0 saturated heterocycles. The number of nitrogens with zero attached hydrogens (tertiary/aromatic N) is 1. The van der Waals surface area contributed by atoms with Gasteiger partial charge in [0.05, 0.1) is 23.0 Å². The number of nitrogens with two attached hydrogens (primary N) is 1. The first-order valence-corrected chi connectivity index (χ1v) is 12.0. The smallest absolute Gasteiger partial charge is 0.335 e. The zero-order valence-electron chi connectivity index (χ0n) is 21.1. The maximum Gasteiger partial charge on any atom is 0.335 e. The standard InChI is InChI=1S/C31H28N4O3/c1-19(32)28(20(2)36)24-15-16-25(29(33)21-11-13-23(14-12-21)31(37)38)27(18-24)35-30(22-8-4-3-5-9-22)26-10-6-7-17-34-26/h3-18,30,33,35H,32H2,1-2H3,(H,37,38). The summed E-state index contributed by atoms with van der Waals surface area (Å²) in [7, 11) is 0. The number of carboxylic acids is 1. The fourth-order valence-electron chi connectivity index (χ4n) is 4.36. The molecular formula is C31H28N4O3. The molecule has 0 amide bonds. The number of hydrogen-bond acceptors (Lipinski definition) is 6. The van der Waals surface area contributed by atoms with Gasteiger partial charge in [0.1, 0.15) is 0 Å². The molecule has 3 aromatic carbocycles. The van der Waals surface area contributed by atoms with Gasteiger partial charge in [-0.2, -0.15) is 0 Å². The number of pyridine rings is 1. The SMILES string of the molecule is CC(=O)C(=C(C)N)c1ccc(C(=N)c2ccc(C(=O)O)cc2)c(NC(c2ccccc2)c2ccccn2)c1. The highest BCUT2D eigenvalue weighted by molar-refractivity contribution is 6.21. The lowest BCUT2D eigenvalue weighted by molar-refractivity contribution is -0.111. The average Bonchev–Trinajstić information content (AvgIpc) is 2.92. The molecule has 1 unspecified atom stereocenters. The number of nitrogens with one attached hydrogen (secondary N) is 2. The van der Waals surface area contributed by atoms with Crippen LogP contribution in [0.4, 0.5) is 5.69 Å². The van der Waals surface area contributed by atoms with E-state index in [1.165, 1.54) is 19.1 Å². The van der Waals surface area contributed by atoms with Crippen molar-refractivity contribution < 1.29 is 14.7 Å². The number of carboxylic acid groups (broad SMARTS) is 1. The topological polar surface area (TPSA) is 129 Å². The Morgan fingerprint density at radius 3 is 2.08 bits per heavy atom. The predicted octanol–water partition coefficient (Wildman–Crippen LogP) is 5.68. The predicted molar refractivity (Wildman–Crippen MR) is 149 cm³/mol.